The maximum atomic E-state index is 12.5. The molecule has 1 aromatic rings. The van der Waals surface area contributed by atoms with Crippen LogP contribution in [-0.2, 0) is 11.3 Å². The molecule has 3 rings (SSSR count). The fraction of sp³-hybridized carbons (Fsp3) is 0.550. The fourth-order valence-corrected chi connectivity index (χ4v) is 4.00. The van der Waals surface area contributed by atoms with Crippen LogP contribution in [0.1, 0.15) is 60.9 Å². The average Bonchev–Trinajstić information content (AvgIpc) is 2.65. The number of hydrogen-bond acceptors (Lipinski definition) is 5. The largest absolute Gasteiger partial charge is 0.364 e. The number of benzene rings is 1. The van der Waals surface area contributed by atoms with E-state index in [1.165, 1.54) is 44.1 Å². The minimum atomic E-state index is -0.00882. The standard InChI is InChI=1S/C20H29N3O2S/c1-26-23-19-9-5-8-16-10-11-17(14-18(16)22-25-19)20(24)21-13-12-15-6-3-2-4-7-15/h9-11,14-15,22-23H,2-8,12-13H2,1H3,(H,21,24)/b19-9+. The highest BCUT2D eigenvalue weighted by Gasteiger charge is 2.15. The van der Waals surface area contributed by atoms with E-state index in [0.29, 0.717) is 11.4 Å². The van der Waals surface area contributed by atoms with Gasteiger partial charge in [-0.3, -0.25) is 9.52 Å². The van der Waals surface area contributed by atoms with E-state index in [9.17, 15) is 4.79 Å². The van der Waals surface area contributed by atoms with Gasteiger partial charge in [-0.2, -0.15) is 0 Å². The van der Waals surface area contributed by atoms with Gasteiger partial charge in [0.15, 0.2) is 0 Å². The molecule has 0 spiro atoms. The number of rotatable bonds is 6. The molecular formula is C20H29N3O2S. The topological polar surface area (TPSA) is 62.4 Å². The lowest BCUT2D eigenvalue weighted by molar-refractivity contribution is 0.0950. The Morgan fingerprint density at radius 3 is 2.96 bits per heavy atom. The number of carbonyl (C=O) groups is 1. The van der Waals surface area contributed by atoms with Gasteiger partial charge in [0, 0.05) is 18.4 Å². The molecule has 3 N–H and O–H groups in total. The zero-order chi connectivity index (χ0) is 18.2. The summed E-state index contributed by atoms with van der Waals surface area (Å²) >= 11 is 1.49. The molecule has 0 atom stereocenters. The first-order valence-corrected chi connectivity index (χ1v) is 10.8. The third kappa shape index (κ3) is 5.34. The van der Waals surface area contributed by atoms with Crippen molar-refractivity contribution in [2.45, 2.75) is 51.4 Å². The molecular weight excluding hydrogens is 346 g/mol. The van der Waals surface area contributed by atoms with Gasteiger partial charge in [0.1, 0.15) is 0 Å². The van der Waals surface area contributed by atoms with Gasteiger partial charge in [-0.1, -0.05) is 50.1 Å². The van der Waals surface area contributed by atoms with Crippen LogP contribution >= 0.6 is 11.9 Å². The summed E-state index contributed by atoms with van der Waals surface area (Å²) in [5, 5.41) is 3.08. The monoisotopic (exact) mass is 375 g/mol. The summed E-state index contributed by atoms with van der Waals surface area (Å²) in [5.74, 6) is 1.47. The highest BCUT2D eigenvalue weighted by Crippen LogP contribution is 2.26. The Labute approximate surface area is 160 Å². The van der Waals surface area contributed by atoms with Crippen molar-refractivity contribution < 1.29 is 9.63 Å². The number of anilines is 1. The second-order valence-electron chi connectivity index (χ2n) is 7.04. The van der Waals surface area contributed by atoms with E-state index in [0.717, 1.165) is 43.0 Å². The molecule has 26 heavy (non-hydrogen) atoms. The zero-order valence-electron chi connectivity index (χ0n) is 15.5. The molecule has 1 aromatic carbocycles. The first-order valence-electron chi connectivity index (χ1n) is 9.59. The zero-order valence-corrected chi connectivity index (χ0v) is 16.3. The number of carbonyl (C=O) groups excluding carboxylic acids is 1. The molecule has 6 heteroatoms. The first-order chi connectivity index (χ1) is 12.8. The average molecular weight is 376 g/mol. The summed E-state index contributed by atoms with van der Waals surface area (Å²) in [5.41, 5.74) is 5.67. The molecule has 2 aliphatic rings. The van der Waals surface area contributed by atoms with Crippen molar-refractivity contribution in [2.75, 3.05) is 18.3 Å². The van der Waals surface area contributed by atoms with Crippen molar-refractivity contribution in [3.63, 3.8) is 0 Å². The van der Waals surface area contributed by atoms with Crippen LogP contribution in [-0.4, -0.2) is 18.7 Å². The molecule has 1 heterocycles. The lowest BCUT2D eigenvalue weighted by Crippen LogP contribution is -2.26. The van der Waals surface area contributed by atoms with E-state index >= 15 is 0 Å². The van der Waals surface area contributed by atoms with E-state index in [2.05, 4.69) is 15.5 Å². The molecule has 142 valence electrons. The van der Waals surface area contributed by atoms with Gasteiger partial charge in [-0.15, -0.1) is 0 Å². The molecule has 1 amide bonds. The quantitative estimate of drug-likeness (QED) is 0.644. The minimum Gasteiger partial charge on any atom is -0.364 e. The van der Waals surface area contributed by atoms with Crippen LogP contribution in [0, 0.1) is 5.92 Å². The van der Waals surface area contributed by atoms with E-state index < -0.39 is 0 Å². The Bertz CT molecular complexity index is 642. The lowest BCUT2D eigenvalue weighted by Gasteiger charge is -2.21. The summed E-state index contributed by atoms with van der Waals surface area (Å²) < 4.78 is 3.09. The van der Waals surface area contributed by atoms with Gasteiger partial charge < -0.3 is 10.2 Å². The van der Waals surface area contributed by atoms with Crippen molar-refractivity contribution in [3.05, 3.63) is 41.3 Å². The van der Waals surface area contributed by atoms with E-state index in [1.54, 1.807) is 0 Å². The number of amides is 1. The summed E-state index contributed by atoms with van der Waals surface area (Å²) in [4.78, 5) is 18.1. The Morgan fingerprint density at radius 1 is 1.31 bits per heavy atom. The molecule has 0 saturated heterocycles. The van der Waals surface area contributed by atoms with Gasteiger partial charge in [0.05, 0.1) is 5.69 Å². The predicted octanol–water partition coefficient (Wildman–Crippen LogP) is 4.39. The van der Waals surface area contributed by atoms with Crippen LogP contribution in [0.2, 0.25) is 0 Å². The molecule has 0 aromatic heterocycles. The van der Waals surface area contributed by atoms with E-state index in [1.807, 2.05) is 30.5 Å². The first kappa shape index (κ1) is 19.0. The van der Waals surface area contributed by atoms with Crippen molar-refractivity contribution in [2.24, 2.45) is 5.92 Å². The SMILES string of the molecule is CSN/C1=C\CCc2ccc(C(=O)NCCC3CCCCC3)cc2NO1. The van der Waals surface area contributed by atoms with Crippen LogP contribution in [0.3, 0.4) is 0 Å². The maximum absolute atomic E-state index is 12.5. The van der Waals surface area contributed by atoms with Crippen LogP contribution in [0.15, 0.2) is 30.2 Å². The summed E-state index contributed by atoms with van der Waals surface area (Å²) in [6.07, 6.45) is 13.6. The molecule has 0 bridgehead atoms. The fourth-order valence-electron chi connectivity index (χ4n) is 3.67. The van der Waals surface area contributed by atoms with Crippen molar-refractivity contribution in [3.8, 4) is 0 Å². The number of nitrogens with one attached hydrogen (secondary N) is 3. The Morgan fingerprint density at radius 2 is 2.15 bits per heavy atom. The van der Waals surface area contributed by atoms with Gasteiger partial charge in [0.25, 0.3) is 5.91 Å². The lowest BCUT2D eigenvalue weighted by atomic mass is 9.87. The summed E-state index contributed by atoms with van der Waals surface area (Å²) in [6, 6.07) is 5.80. The third-order valence-electron chi connectivity index (χ3n) is 5.15. The van der Waals surface area contributed by atoms with Gasteiger partial charge >= 0.3 is 0 Å². The molecule has 1 aliphatic carbocycles. The number of aryl methyl sites for hydroxylation is 1. The predicted molar refractivity (Wildman–Crippen MR) is 108 cm³/mol. The Balaban J connectivity index is 1.55. The summed E-state index contributed by atoms with van der Waals surface area (Å²) in [7, 11) is 0. The number of hydrogen-bond donors (Lipinski definition) is 3. The van der Waals surface area contributed by atoms with Gasteiger partial charge in [-0.25, -0.2) is 5.48 Å². The Kier molecular flexibility index (Phi) is 7.12. The normalized spacial score (nSPS) is 19.7. The van der Waals surface area contributed by atoms with Gasteiger partial charge in [-0.05, 0) is 49.0 Å². The number of allylic oxidation sites excluding steroid dienone is 1. The third-order valence-corrected chi connectivity index (χ3v) is 5.56. The summed E-state index contributed by atoms with van der Waals surface area (Å²) in [6.45, 7) is 0.759. The number of fused-ring (bicyclic) bond motifs is 1. The van der Waals surface area contributed by atoms with Crippen LogP contribution in [0.25, 0.3) is 0 Å². The second kappa shape index (κ2) is 9.76. The van der Waals surface area contributed by atoms with Gasteiger partial charge in [0.2, 0.25) is 5.88 Å². The molecule has 1 aliphatic heterocycles. The van der Waals surface area contributed by atoms with Crippen molar-refractivity contribution >= 4 is 23.5 Å². The van der Waals surface area contributed by atoms with E-state index in [-0.39, 0.29) is 5.91 Å². The smallest absolute Gasteiger partial charge is 0.251 e. The molecule has 1 fully saturated rings. The van der Waals surface area contributed by atoms with Crippen molar-refractivity contribution in [1.82, 2.24) is 10.0 Å². The molecule has 0 unspecified atom stereocenters. The van der Waals surface area contributed by atoms with Crippen LogP contribution < -0.4 is 15.5 Å². The highest BCUT2D eigenvalue weighted by molar-refractivity contribution is 7.96. The molecule has 5 nitrogen and oxygen atoms in total. The second-order valence-corrected chi connectivity index (χ2v) is 7.65. The minimum absolute atomic E-state index is 0.00882. The molecule has 1 saturated carbocycles. The van der Waals surface area contributed by atoms with E-state index in [4.69, 9.17) is 4.84 Å². The highest BCUT2D eigenvalue weighted by atomic mass is 32.2. The van der Waals surface area contributed by atoms with Crippen LogP contribution in [0.4, 0.5) is 5.69 Å². The van der Waals surface area contributed by atoms with Crippen LogP contribution in [0.5, 0.6) is 0 Å². The Hall–Kier alpha value is -1.82. The molecule has 0 radical (unpaired) electrons. The van der Waals surface area contributed by atoms with Crippen molar-refractivity contribution in [1.29, 1.82) is 0 Å². The maximum Gasteiger partial charge on any atom is 0.251 e.